The van der Waals surface area contributed by atoms with Gasteiger partial charge in [0.15, 0.2) is 20.7 Å². The Bertz CT molecular complexity index is 1400. The number of nitrogens with one attached hydrogen (secondary N) is 2. The van der Waals surface area contributed by atoms with Crippen molar-refractivity contribution >= 4 is 52.5 Å². The lowest BCUT2D eigenvalue weighted by atomic mass is 9.87. The number of ether oxygens (including phenoxy) is 1. The zero-order valence-corrected chi connectivity index (χ0v) is 26.8. The molecule has 0 aliphatic carbocycles. The van der Waals surface area contributed by atoms with Crippen molar-refractivity contribution in [1.29, 1.82) is 0 Å². The minimum Gasteiger partial charge on any atom is -0.490 e. The molecule has 3 aromatic carbocycles. The fraction of sp³-hybridized carbons (Fsp3) is 0.364. The third-order valence-electron chi connectivity index (χ3n) is 6.98. The van der Waals surface area contributed by atoms with Crippen molar-refractivity contribution in [2.75, 3.05) is 17.2 Å². The molecule has 0 aromatic heterocycles. The number of Topliss-reactive ketones (excluding diaryl/α,β-unsaturated/α-hetero) is 1. The summed E-state index contributed by atoms with van der Waals surface area (Å²) < 4.78 is 4.15. The Labute approximate surface area is 261 Å². The minimum absolute atomic E-state index is 0.0673. The molecule has 2 atom stereocenters. The normalized spacial score (nSPS) is 18.2. The van der Waals surface area contributed by atoms with Crippen LogP contribution < -0.4 is 15.4 Å². The number of rotatable bonds is 8. The van der Waals surface area contributed by atoms with Crippen molar-refractivity contribution in [1.82, 2.24) is 0 Å². The maximum atomic E-state index is 13.8. The Morgan fingerprint density at radius 1 is 0.744 bits per heavy atom. The highest BCUT2D eigenvalue weighted by Crippen LogP contribution is 2.48. The molecule has 43 heavy (non-hydrogen) atoms. The average molecular weight is 623 g/mol. The number of hydrogen-bond acceptors (Lipinski definition) is 8. The number of carbonyl (C=O) groups is 3. The zero-order chi connectivity index (χ0) is 31.6. The number of para-hydroxylation sites is 1. The van der Waals surface area contributed by atoms with E-state index in [4.69, 9.17) is 4.74 Å². The molecule has 4 rings (SSSR count). The van der Waals surface area contributed by atoms with Crippen LogP contribution in [0.3, 0.4) is 0 Å². The van der Waals surface area contributed by atoms with Crippen molar-refractivity contribution in [3.8, 4) is 5.75 Å². The predicted octanol–water partition coefficient (Wildman–Crippen LogP) is 5.93. The van der Waals surface area contributed by atoms with Crippen LogP contribution in [0.25, 0.3) is 0 Å². The highest BCUT2D eigenvalue weighted by atomic mass is 32.2. The van der Waals surface area contributed by atoms with E-state index in [1.165, 1.54) is 0 Å². The van der Waals surface area contributed by atoms with Crippen LogP contribution in [-0.4, -0.2) is 49.4 Å². The molecule has 2 amide bonds. The third-order valence-corrected chi connectivity index (χ3v) is 9.80. The van der Waals surface area contributed by atoms with Gasteiger partial charge in [0.2, 0.25) is 0 Å². The van der Waals surface area contributed by atoms with Gasteiger partial charge >= 0.3 is 0 Å². The Morgan fingerprint density at radius 2 is 1.16 bits per heavy atom. The number of aliphatic hydroxyl groups excluding tert-OH is 2. The summed E-state index contributed by atoms with van der Waals surface area (Å²) >= 11 is 1.25. The van der Waals surface area contributed by atoms with Crippen molar-refractivity contribution in [2.45, 2.75) is 67.3 Å². The quantitative estimate of drug-likeness (QED) is 0.228. The predicted molar refractivity (Wildman–Crippen MR) is 174 cm³/mol. The van der Waals surface area contributed by atoms with Crippen molar-refractivity contribution in [2.24, 2.45) is 0 Å². The van der Waals surface area contributed by atoms with Gasteiger partial charge in [-0.1, -0.05) is 101 Å². The van der Waals surface area contributed by atoms with Crippen molar-refractivity contribution < 1.29 is 29.3 Å². The first-order valence-electron chi connectivity index (χ1n) is 13.9. The van der Waals surface area contributed by atoms with Gasteiger partial charge in [0.1, 0.15) is 12.4 Å². The van der Waals surface area contributed by atoms with E-state index in [9.17, 15) is 24.6 Å². The van der Waals surface area contributed by atoms with Gasteiger partial charge < -0.3 is 25.6 Å². The molecule has 228 valence electrons. The zero-order valence-electron chi connectivity index (χ0n) is 25.1. The maximum absolute atomic E-state index is 13.8. The standard InChI is InChI=1S/C33H38N2O6S2/c1-31(2,3)20-11-15-22(16-12-20)34-27(37)29(39)42-33(19-41-25-10-8-7-9-24(25)26(33)36)43-30(40)28(38)35-23-17-13-21(14-18-23)32(4,5)6/h7-18,29-30,39-40H,19H2,1-6H3,(H,34,37)(H,35,38). The lowest BCUT2D eigenvalue weighted by molar-refractivity contribution is -0.120. The van der Waals surface area contributed by atoms with Gasteiger partial charge in [-0.25, -0.2) is 0 Å². The van der Waals surface area contributed by atoms with Gasteiger partial charge in [0.05, 0.1) is 5.56 Å². The topological polar surface area (TPSA) is 125 Å². The summed E-state index contributed by atoms with van der Waals surface area (Å²) in [5.74, 6) is -1.64. The number of aliphatic hydroxyl groups is 2. The Balaban J connectivity index is 1.52. The number of benzene rings is 3. The summed E-state index contributed by atoms with van der Waals surface area (Å²) in [5.41, 5.74) is -0.219. The molecule has 0 saturated heterocycles. The number of thioether (sulfide) groups is 2. The molecular weight excluding hydrogens is 585 g/mol. The van der Waals surface area contributed by atoms with Gasteiger partial charge in [-0.2, -0.15) is 0 Å². The summed E-state index contributed by atoms with van der Waals surface area (Å²) in [5, 5.41) is 27.3. The van der Waals surface area contributed by atoms with Crippen LogP contribution in [0.1, 0.15) is 63.0 Å². The molecule has 1 aliphatic rings. The fourth-order valence-corrected chi connectivity index (χ4v) is 6.92. The molecule has 2 unspecified atom stereocenters. The molecule has 8 nitrogen and oxygen atoms in total. The number of amides is 2. The molecule has 10 heteroatoms. The van der Waals surface area contributed by atoms with Gasteiger partial charge in [-0.3, -0.25) is 14.4 Å². The van der Waals surface area contributed by atoms with Crippen LogP contribution in [0.4, 0.5) is 11.4 Å². The van der Waals surface area contributed by atoms with Crippen LogP contribution in [0.15, 0.2) is 72.8 Å². The number of anilines is 2. The fourth-order valence-electron chi connectivity index (χ4n) is 4.41. The highest BCUT2D eigenvalue weighted by Gasteiger charge is 2.50. The van der Waals surface area contributed by atoms with Crippen LogP contribution in [0.5, 0.6) is 5.75 Å². The number of hydrogen-bond donors (Lipinski definition) is 4. The molecule has 4 N–H and O–H groups in total. The summed E-state index contributed by atoms with van der Waals surface area (Å²) in [4.78, 5) is 39.9. The lowest BCUT2D eigenvalue weighted by Gasteiger charge is -2.37. The van der Waals surface area contributed by atoms with Crippen LogP contribution in [0, 0.1) is 0 Å². The van der Waals surface area contributed by atoms with Gasteiger partial charge in [-0.15, -0.1) is 0 Å². The van der Waals surface area contributed by atoms with E-state index in [0.717, 1.165) is 11.1 Å². The Kier molecular flexibility index (Phi) is 9.66. The monoisotopic (exact) mass is 622 g/mol. The van der Waals surface area contributed by atoms with Crippen LogP contribution in [-0.2, 0) is 20.4 Å². The second-order valence-electron chi connectivity index (χ2n) is 12.4. The largest absolute Gasteiger partial charge is 0.490 e. The summed E-state index contributed by atoms with van der Waals surface area (Å²) in [7, 11) is 0. The maximum Gasteiger partial charge on any atom is 0.263 e. The van der Waals surface area contributed by atoms with E-state index in [0.29, 0.717) is 40.6 Å². The van der Waals surface area contributed by atoms with E-state index in [1.807, 2.05) is 24.3 Å². The Hall–Kier alpha value is -3.31. The third kappa shape index (κ3) is 7.80. The molecule has 0 spiro atoms. The van der Waals surface area contributed by atoms with E-state index in [2.05, 4.69) is 52.2 Å². The number of carbonyl (C=O) groups excluding carboxylic acids is 3. The Morgan fingerprint density at radius 3 is 1.58 bits per heavy atom. The van der Waals surface area contributed by atoms with E-state index in [1.54, 1.807) is 48.5 Å². The average Bonchev–Trinajstić information content (AvgIpc) is 2.94. The molecule has 1 aliphatic heterocycles. The van der Waals surface area contributed by atoms with Crippen molar-refractivity contribution in [3.63, 3.8) is 0 Å². The lowest BCUT2D eigenvalue weighted by Crippen LogP contribution is -2.47. The van der Waals surface area contributed by atoms with E-state index in [-0.39, 0.29) is 23.0 Å². The van der Waals surface area contributed by atoms with Crippen molar-refractivity contribution in [3.05, 3.63) is 89.5 Å². The van der Waals surface area contributed by atoms with Gasteiger partial charge in [0.25, 0.3) is 11.8 Å². The first-order valence-corrected chi connectivity index (χ1v) is 15.7. The molecular formula is C33H38N2O6S2. The highest BCUT2D eigenvalue weighted by molar-refractivity contribution is 8.20. The summed E-state index contributed by atoms with van der Waals surface area (Å²) in [6.07, 6.45) is 0. The van der Waals surface area contributed by atoms with E-state index < -0.39 is 32.5 Å². The molecule has 0 bridgehead atoms. The second-order valence-corrected chi connectivity index (χ2v) is 15.5. The molecule has 0 saturated carbocycles. The SMILES string of the molecule is CC(C)(C)c1ccc(NC(=O)C(O)SC2(SC(O)C(=O)Nc3ccc(C(C)(C)C)cc3)COc3ccccc3C2=O)cc1. The first-order chi connectivity index (χ1) is 20.1. The molecule has 3 aromatic rings. The van der Waals surface area contributed by atoms with Gasteiger partial charge in [0, 0.05) is 11.4 Å². The van der Waals surface area contributed by atoms with Crippen LogP contribution >= 0.6 is 23.5 Å². The second kappa shape index (κ2) is 12.7. The van der Waals surface area contributed by atoms with E-state index >= 15 is 0 Å². The molecule has 1 heterocycles. The number of fused-ring (bicyclic) bond motifs is 1. The summed E-state index contributed by atoms with van der Waals surface area (Å²) in [6, 6.07) is 21.2. The minimum atomic E-state index is -1.71. The first kappa shape index (κ1) is 32.6. The number of ketones is 1. The molecule has 0 fully saturated rings. The summed E-state index contributed by atoms with van der Waals surface area (Å²) in [6.45, 7) is 12.2. The molecule has 0 radical (unpaired) electrons. The van der Waals surface area contributed by atoms with Gasteiger partial charge in [-0.05, 0) is 58.4 Å². The smallest absolute Gasteiger partial charge is 0.263 e. The van der Waals surface area contributed by atoms with Crippen LogP contribution in [0.2, 0.25) is 0 Å².